The molecule has 0 aromatic rings. The monoisotopic (exact) mass is 202 g/mol. The first-order valence-corrected chi connectivity index (χ1v) is 5.34. The molecular formula is C10H19FN2O. The van der Waals surface area contributed by atoms with Gasteiger partial charge < -0.3 is 10.6 Å². The van der Waals surface area contributed by atoms with Crippen LogP contribution in [-0.2, 0) is 0 Å². The molecular weight excluding hydrogens is 183 g/mol. The Morgan fingerprint density at radius 1 is 1.43 bits per heavy atom. The zero-order valence-electron chi connectivity index (χ0n) is 8.68. The van der Waals surface area contributed by atoms with Gasteiger partial charge in [-0.3, -0.25) is 0 Å². The first-order valence-electron chi connectivity index (χ1n) is 5.34. The Hall–Kier alpha value is -0.800. The van der Waals surface area contributed by atoms with Crippen molar-refractivity contribution in [2.75, 3.05) is 13.2 Å². The number of amides is 2. The van der Waals surface area contributed by atoms with Crippen molar-refractivity contribution in [3.05, 3.63) is 0 Å². The third-order valence-corrected chi connectivity index (χ3v) is 2.81. The normalized spacial score (nSPS) is 27.0. The van der Waals surface area contributed by atoms with E-state index in [-0.39, 0.29) is 18.6 Å². The van der Waals surface area contributed by atoms with Crippen molar-refractivity contribution in [2.45, 2.75) is 38.6 Å². The van der Waals surface area contributed by atoms with Gasteiger partial charge in [-0.25, -0.2) is 9.18 Å². The van der Waals surface area contributed by atoms with Crippen molar-refractivity contribution in [3.63, 3.8) is 0 Å². The van der Waals surface area contributed by atoms with Gasteiger partial charge >= 0.3 is 6.03 Å². The minimum absolute atomic E-state index is 0.104. The summed E-state index contributed by atoms with van der Waals surface area (Å²) >= 11 is 0. The highest BCUT2D eigenvalue weighted by atomic mass is 19.1. The SMILES string of the molecule is CC1CCCCC1NC(=O)NCCF. The van der Waals surface area contributed by atoms with E-state index in [0.29, 0.717) is 5.92 Å². The van der Waals surface area contributed by atoms with Crippen molar-refractivity contribution in [1.29, 1.82) is 0 Å². The maximum Gasteiger partial charge on any atom is 0.315 e. The molecule has 2 atom stereocenters. The summed E-state index contributed by atoms with van der Waals surface area (Å²) in [5, 5.41) is 5.36. The molecule has 14 heavy (non-hydrogen) atoms. The van der Waals surface area contributed by atoms with Gasteiger partial charge in [-0.1, -0.05) is 19.8 Å². The molecule has 4 heteroatoms. The fourth-order valence-electron chi connectivity index (χ4n) is 1.91. The maximum atomic E-state index is 11.8. The van der Waals surface area contributed by atoms with Gasteiger partial charge in [0, 0.05) is 12.6 Å². The lowest BCUT2D eigenvalue weighted by molar-refractivity contribution is 0.221. The molecule has 1 aliphatic rings. The van der Waals surface area contributed by atoms with Crippen LogP contribution in [0.25, 0.3) is 0 Å². The molecule has 0 heterocycles. The van der Waals surface area contributed by atoms with Crippen molar-refractivity contribution < 1.29 is 9.18 Å². The molecule has 0 aliphatic heterocycles. The summed E-state index contributed by atoms with van der Waals surface area (Å²) in [5.41, 5.74) is 0. The second-order valence-electron chi connectivity index (χ2n) is 3.96. The summed E-state index contributed by atoms with van der Waals surface area (Å²) in [6.45, 7) is 1.75. The third-order valence-electron chi connectivity index (χ3n) is 2.81. The minimum Gasteiger partial charge on any atom is -0.336 e. The fraction of sp³-hybridized carbons (Fsp3) is 0.900. The molecule has 82 valence electrons. The van der Waals surface area contributed by atoms with E-state index >= 15 is 0 Å². The van der Waals surface area contributed by atoms with Crippen LogP contribution >= 0.6 is 0 Å². The number of carbonyl (C=O) groups excluding carboxylic acids is 1. The van der Waals surface area contributed by atoms with Crippen molar-refractivity contribution in [3.8, 4) is 0 Å². The topological polar surface area (TPSA) is 41.1 Å². The van der Waals surface area contributed by atoms with Gasteiger partial charge in [0.25, 0.3) is 0 Å². The summed E-state index contributed by atoms with van der Waals surface area (Å²) in [7, 11) is 0. The molecule has 0 aromatic heterocycles. The van der Waals surface area contributed by atoms with Gasteiger partial charge in [-0.15, -0.1) is 0 Å². The van der Waals surface area contributed by atoms with E-state index in [1.807, 2.05) is 0 Å². The van der Waals surface area contributed by atoms with Crippen LogP contribution in [0, 0.1) is 5.92 Å². The van der Waals surface area contributed by atoms with E-state index in [1.165, 1.54) is 19.3 Å². The lowest BCUT2D eigenvalue weighted by atomic mass is 9.86. The number of urea groups is 1. The molecule has 2 N–H and O–H groups in total. The third kappa shape index (κ3) is 3.52. The van der Waals surface area contributed by atoms with Gasteiger partial charge in [-0.2, -0.15) is 0 Å². The average molecular weight is 202 g/mol. The second-order valence-corrected chi connectivity index (χ2v) is 3.96. The number of nitrogens with one attached hydrogen (secondary N) is 2. The lowest BCUT2D eigenvalue weighted by Gasteiger charge is -2.29. The minimum atomic E-state index is -0.506. The number of carbonyl (C=O) groups is 1. The van der Waals surface area contributed by atoms with Gasteiger partial charge in [0.1, 0.15) is 6.67 Å². The molecule has 3 nitrogen and oxygen atoms in total. The Morgan fingerprint density at radius 2 is 2.14 bits per heavy atom. The number of hydrogen-bond acceptors (Lipinski definition) is 1. The zero-order chi connectivity index (χ0) is 10.4. The highest BCUT2D eigenvalue weighted by Gasteiger charge is 2.22. The molecule has 0 aromatic carbocycles. The Labute approximate surface area is 84.4 Å². The molecule has 1 saturated carbocycles. The average Bonchev–Trinajstić information content (AvgIpc) is 2.18. The summed E-state index contributed by atoms with van der Waals surface area (Å²) < 4.78 is 11.8. The van der Waals surface area contributed by atoms with Crippen molar-refractivity contribution in [2.24, 2.45) is 5.92 Å². The number of alkyl halides is 1. The van der Waals surface area contributed by atoms with Gasteiger partial charge in [0.2, 0.25) is 0 Å². The summed E-state index contributed by atoms with van der Waals surface area (Å²) in [5.74, 6) is 0.542. The van der Waals surface area contributed by atoms with E-state index in [1.54, 1.807) is 0 Å². The predicted molar refractivity (Wildman–Crippen MR) is 53.9 cm³/mol. The Bertz CT molecular complexity index is 187. The van der Waals surface area contributed by atoms with Crippen LogP contribution in [0.1, 0.15) is 32.6 Å². The van der Waals surface area contributed by atoms with Crippen LogP contribution in [0.4, 0.5) is 9.18 Å². The number of hydrogen-bond donors (Lipinski definition) is 2. The molecule has 1 aliphatic carbocycles. The van der Waals surface area contributed by atoms with E-state index in [4.69, 9.17) is 0 Å². The van der Waals surface area contributed by atoms with Crippen LogP contribution in [0.3, 0.4) is 0 Å². The van der Waals surface area contributed by atoms with Gasteiger partial charge in [-0.05, 0) is 18.8 Å². The first-order chi connectivity index (χ1) is 6.74. The highest BCUT2D eigenvalue weighted by Crippen LogP contribution is 2.23. The van der Waals surface area contributed by atoms with Crippen molar-refractivity contribution >= 4 is 6.03 Å². The van der Waals surface area contributed by atoms with Crippen molar-refractivity contribution in [1.82, 2.24) is 10.6 Å². The zero-order valence-corrected chi connectivity index (χ0v) is 8.68. The van der Waals surface area contributed by atoms with Crippen LogP contribution in [0.15, 0.2) is 0 Å². The second kappa shape index (κ2) is 5.83. The Balaban J connectivity index is 2.23. The predicted octanol–water partition coefficient (Wildman–Crippen LogP) is 1.83. The van der Waals surface area contributed by atoms with E-state index in [2.05, 4.69) is 17.6 Å². The number of rotatable bonds is 3. The van der Waals surface area contributed by atoms with E-state index in [0.717, 1.165) is 6.42 Å². The van der Waals surface area contributed by atoms with E-state index < -0.39 is 6.67 Å². The number of halogens is 1. The van der Waals surface area contributed by atoms with E-state index in [9.17, 15) is 9.18 Å². The van der Waals surface area contributed by atoms with Gasteiger partial charge in [0.15, 0.2) is 0 Å². The molecule has 1 fully saturated rings. The molecule has 0 spiro atoms. The molecule has 2 amide bonds. The smallest absolute Gasteiger partial charge is 0.315 e. The van der Waals surface area contributed by atoms with Crippen LogP contribution < -0.4 is 10.6 Å². The molecule has 1 rings (SSSR count). The highest BCUT2D eigenvalue weighted by molar-refractivity contribution is 5.74. The fourth-order valence-corrected chi connectivity index (χ4v) is 1.91. The molecule has 0 radical (unpaired) electrons. The summed E-state index contributed by atoms with van der Waals surface area (Å²) in [6, 6.07) is 0.0322. The summed E-state index contributed by atoms with van der Waals surface area (Å²) in [6.07, 6.45) is 4.65. The first kappa shape index (κ1) is 11.3. The Kier molecular flexibility index (Phi) is 4.70. The standard InChI is InChI=1S/C10H19FN2O/c1-8-4-2-3-5-9(8)13-10(14)12-7-6-11/h8-9H,2-7H2,1H3,(H2,12,13,14). The molecule has 0 bridgehead atoms. The van der Waals surface area contributed by atoms with Crippen LogP contribution in [-0.4, -0.2) is 25.3 Å². The molecule has 2 unspecified atom stereocenters. The Morgan fingerprint density at radius 3 is 2.79 bits per heavy atom. The summed E-state index contributed by atoms with van der Waals surface area (Å²) in [4.78, 5) is 11.2. The van der Waals surface area contributed by atoms with Gasteiger partial charge in [0.05, 0.1) is 0 Å². The maximum absolute atomic E-state index is 11.8. The largest absolute Gasteiger partial charge is 0.336 e. The lowest BCUT2D eigenvalue weighted by Crippen LogP contribution is -2.46. The quantitative estimate of drug-likeness (QED) is 0.720. The van der Waals surface area contributed by atoms with Crippen LogP contribution in [0.5, 0.6) is 0 Å². The van der Waals surface area contributed by atoms with Crippen LogP contribution in [0.2, 0.25) is 0 Å². The molecule has 0 saturated heterocycles.